The highest BCUT2D eigenvalue weighted by Gasteiger charge is 2.32. The number of para-hydroxylation sites is 1. The molecule has 2 aromatic carbocycles. The number of unbranched alkanes of at least 4 members (excludes halogenated alkanes) is 8. The van der Waals surface area contributed by atoms with Gasteiger partial charge in [-0.3, -0.25) is 0 Å². The van der Waals surface area contributed by atoms with Crippen LogP contribution in [0.25, 0.3) is 0 Å². The predicted molar refractivity (Wildman–Crippen MR) is 136 cm³/mol. The van der Waals surface area contributed by atoms with Gasteiger partial charge in [0.1, 0.15) is 5.75 Å². The van der Waals surface area contributed by atoms with E-state index in [-0.39, 0.29) is 5.41 Å². The van der Waals surface area contributed by atoms with Gasteiger partial charge in [0.25, 0.3) is 0 Å². The SMILES string of the molecule is CCCCCCCc1cccc(C(C)(CC)c2ccccc2O)c1CCCCCCC. The molecule has 0 heterocycles. The van der Waals surface area contributed by atoms with Crippen molar-refractivity contribution in [1.82, 2.24) is 0 Å². The van der Waals surface area contributed by atoms with Crippen molar-refractivity contribution in [2.45, 2.75) is 117 Å². The minimum Gasteiger partial charge on any atom is -0.508 e. The molecule has 0 bridgehead atoms. The first-order valence-electron chi connectivity index (χ1n) is 13.0. The van der Waals surface area contributed by atoms with E-state index in [1.54, 1.807) is 11.1 Å². The molecule has 0 aliphatic heterocycles. The summed E-state index contributed by atoms with van der Waals surface area (Å²) in [5, 5.41) is 10.7. The van der Waals surface area contributed by atoms with Crippen LogP contribution >= 0.6 is 0 Å². The van der Waals surface area contributed by atoms with Crippen LogP contribution < -0.4 is 0 Å². The number of hydrogen-bond acceptors (Lipinski definition) is 1. The highest BCUT2D eigenvalue weighted by molar-refractivity contribution is 5.50. The van der Waals surface area contributed by atoms with Gasteiger partial charge in [0, 0.05) is 11.0 Å². The normalized spacial score (nSPS) is 13.3. The molecule has 2 aromatic rings. The van der Waals surface area contributed by atoms with Crippen LogP contribution in [0.1, 0.15) is 121 Å². The maximum absolute atomic E-state index is 10.7. The largest absolute Gasteiger partial charge is 0.508 e. The van der Waals surface area contributed by atoms with E-state index in [9.17, 15) is 5.11 Å². The van der Waals surface area contributed by atoms with Crippen LogP contribution in [0.4, 0.5) is 0 Å². The Morgan fingerprint density at radius 2 is 1.23 bits per heavy atom. The fourth-order valence-corrected chi connectivity index (χ4v) is 4.97. The first-order chi connectivity index (χ1) is 15.1. The highest BCUT2D eigenvalue weighted by atomic mass is 16.3. The van der Waals surface area contributed by atoms with Crippen LogP contribution in [0, 0.1) is 0 Å². The molecular weight excluding hydrogens is 376 g/mol. The summed E-state index contributed by atoms with van der Waals surface area (Å²) in [5.74, 6) is 0.422. The lowest BCUT2D eigenvalue weighted by molar-refractivity contribution is 0.440. The third-order valence-corrected chi connectivity index (χ3v) is 7.15. The summed E-state index contributed by atoms with van der Waals surface area (Å²) < 4.78 is 0. The molecule has 0 radical (unpaired) electrons. The predicted octanol–water partition coefficient (Wildman–Crippen LogP) is 9.13. The molecular formula is C30H46O. The molecule has 0 fully saturated rings. The average molecular weight is 423 g/mol. The first kappa shape index (κ1) is 25.5. The first-order valence-corrected chi connectivity index (χ1v) is 13.0. The summed E-state index contributed by atoms with van der Waals surface area (Å²) >= 11 is 0. The Hall–Kier alpha value is -1.76. The Kier molecular flexibility index (Phi) is 11.2. The van der Waals surface area contributed by atoms with Gasteiger partial charge in [0.05, 0.1) is 0 Å². The van der Waals surface area contributed by atoms with Crippen LogP contribution in [0.5, 0.6) is 5.75 Å². The molecule has 0 saturated heterocycles. The maximum atomic E-state index is 10.7. The molecule has 0 aromatic heterocycles. The van der Waals surface area contributed by atoms with Crippen molar-refractivity contribution in [3.05, 3.63) is 64.7 Å². The molecule has 172 valence electrons. The zero-order valence-corrected chi connectivity index (χ0v) is 20.7. The topological polar surface area (TPSA) is 20.2 Å². The second-order valence-corrected chi connectivity index (χ2v) is 9.47. The fraction of sp³-hybridized carbons (Fsp3) is 0.600. The van der Waals surface area contributed by atoms with E-state index < -0.39 is 0 Å². The molecule has 0 spiro atoms. The number of hydrogen-bond donors (Lipinski definition) is 1. The third-order valence-electron chi connectivity index (χ3n) is 7.15. The molecule has 0 amide bonds. The lowest BCUT2D eigenvalue weighted by Gasteiger charge is -2.33. The van der Waals surface area contributed by atoms with Gasteiger partial charge in [-0.15, -0.1) is 0 Å². The van der Waals surface area contributed by atoms with Crippen molar-refractivity contribution in [2.24, 2.45) is 0 Å². The van der Waals surface area contributed by atoms with E-state index in [4.69, 9.17) is 0 Å². The standard InChI is InChI=1S/C30H46O/c1-5-8-10-12-14-19-25-20-18-23-27(26(25)21-15-13-11-9-6-2)30(4,7-3)28-22-16-17-24-29(28)31/h16-18,20,22-24,31H,5-15,19,21H2,1-4H3. The van der Waals surface area contributed by atoms with E-state index in [1.807, 2.05) is 12.1 Å². The molecule has 1 atom stereocenters. The summed E-state index contributed by atoms with van der Waals surface area (Å²) in [6.07, 6.45) is 16.5. The van der Waals surface area contributed by atoms with Gasteiger partial charge in [0.2, 0.25) is 0 Å². The van der Waals surface area contributed by atoms with Crippen LogP contribution in [-0.2, 0) is 18.3 Å². The summed E-state index contributed by atoms with van der Waals surface area (Å²) in [6.45, 7) is 9.15. The summed E-state index contributed by atoms with van der Waals surface area (Å²) in [4.78, 5) is 0. The van der Waals surface area contributed by atoms with Gasteiger partial charge in [-0.25, -0.2) is 0 Å². The minimum absolute atomic E-state index is 0.164. The minimum atomic E-state index is -0.164. The molecule has 31 heavy (non-hydrogen) atoms. The van der Waals surface area contributed by atoms with Gasteiger partial charge in [-0.05, 0) is 54.9 Å². The van der Waals surface area contributed by atoms with E-state index >= 15 is 0 Å². The third kappa shape index (κ3) is 7.13. The fourth-order valence-electron chi connectivity index (χ4n) is 4.97. The van der Waals surface area contributed by atoms with Crippen molar-refractivity contribution < 1.29 is 5.11 Å². The van der Waals surface area contributed by atoms with Crippen molar-refractivity contribution in [3.63, 3.8) is 0 Å². The number of aromatic hydroxyl groups is 1. The number of benzene rings is 2. The van der Waals surface area contributed by atoms with Crippen molar-refractivity contribution in [1.29, 1.82) is 0 Å². The summed E-state index contributed by atoms with van der Waals surface area (Å²) in [7, 11) is 0. The van der Waals surface area contributed by atoms with E-state index in [0.717, 1.165) is 18.4 Å². The van der Waals surface area contributed by atoms with Crippen LogP contribution in [0.15, 0.2) is 42.5 Å². The lowest BCUT2D eigenvalue weighted by atomic mass is 9.70. The summed E-state index contributed by atoms with van der Waals surface area (Å²) in [6, 6.07) is 14.9. The highest BCUT2D eigenvalue weighted by Crippen LogP contribution is 2.42. The second-order valence-electron chi connectivity index (χ2n) is 9.47. The Balaban J connectivity index is 2.34. The molecule has 2 rings (SSSR count). The zero-order chi connectivity index (χ0) is 22.5. The molecule has 1 N–H and O–H groups in total. The van der Waals surface area contributed by atoms with E-state index in [0.29, 0.717) is 5.75 Å². The maximum Gasteiger partial charge on any atom is 0.119 e. The van der Waals surface area contributed by atoms with Crippen molar-refractivity contribution >= 4 is 0 Å². The van der Waals surface area contributed by atoms with E-state index in [1.165, 1.54) is 76.2 Å². The quantitative estimate of drug-likeness (QED) is 0.284. The monoisotopic (exact) mass is 422 g/mol. The van der Waals surface area contributed by atoms with Gasteiger partial charge >= 0.3 is 0 Å². The lowest BCUT2D eigenvalue weighted by Crippen LogP contribution is -2.25. The van der Waals surface area contributed by atoms with Gasteiger partial charge in [-0.2, -0.15) is 0 Å². The van der Waals surface area contributed by atoms with Crippen LogP contribution in [0.3, 0.4) is 0 Å². The van der Waals surface area contributed by atoms with Crippen molar-refractivity contribution in [3.8, 4) is 5.75 Å². The number of aryl methyl sites for hydroxylation is 1. The number of rotatable bonds is 15. The van der Waals surface area contributed by atoms with Gasteiger partial charge in [-0.1, -0.05) is 115 Å². The summed E-state index contributed by atoms with van der Waals surface area (Å²) in [5.41, 5.74) is 5.42. The average Bonchev–Trinajstić information content (AvgIpc) is 2.79. The van der Waals surface area contributed by atoms with Gasteiger partial charge in [0.15, 0.2) is 0 Å². The molecule has 0 saturated carbocycles. The van der Waals surface area contributed by atoms with Crippen LogP contribution in [0.2, 0.25) is 0 Å². The second kappa shape index (κ2) is 13.6. The smallest absolute Gasteiger partial charge is 0.119 e. The van der Waals surface area contributed by atoms with Crippen molar-refractivity contribution in [2.75, 3.05) is 0 Å². The Bertz CT molecular complexity index is 763. The molecule has 0 aliphatic carbocycles. The molecule has 0 aliphatic rings. The molecule has 1 heteroatoms. The van der Waals surface area contributed by atoms with E-state index in [2.05, 4.69) is 58.0 Å². The Labute approximate surface area is 192 Å². The number of phenolic OH excluding ortho intramolecular Hbond substituents is 1. The molecule has 1 nitrogen and oxygen atoms in total. The Morgan fingerprint density at radius 3 is 1.84 bits per heavy atom. The zero-order valence-electron chi connectivity index (χ0n) is 20.7. The van der Waals surface area contributed by atoms with Gasteiger partial charge < -0.3 is 5.11 Å². The molecule has 1 unspecified atom stereocenters. The number of phenols is 1. The van der Waals surface area contributed by atoms with Crippen LogP contribution in [-0.4, -0.2) is 5.11 Å². The Morgan fingerprint density at radius 1 is 0.645 bits per heavy atom.